The van der Waals surface area contributed by atoms with E-state index in [0.29, 0.717) is 29.7 Å². The molecule has 1 heterocycles. The van der Waals surface area contributed by atoms with Crippen LogP contribution in [0, 0.1) is 23.3 Å². The van der Waals surface area contributed by atoms with Crippen molar-refractivity contribution in [3.8, 4) is 5.75 Å². The smallest absolute Gasteiger partial charge is 0.306 e. The minimum atomic E-state index is -1.12. The number of halogens is 4. The molecule has 0 spiro atoms. The van der Waals surface area contributed by atoms with Crippen molar-refractivity contribution in [3.05, 3.63) is 137 Å². The van der Waals surface area contributed by atoms with Gasteiger partial charge in [-0.3, -0.25) is 9.59 Å². The molecule has 0 saturated carbocycles. The number of para-hydroxylation sites is 1. The highest BCUT2D eigenvalue weighted by Crippen LogP contribution is 2.31. The number of rotatable bonds is 14. The van der Waals surface area contributed by atoms with Crippen LogP contribution in [0.5, 0.6) is 5.75 Å². The summed E-state index contributed by atoms with van der Waals surface area (Å²) in [5, 5.41) is 3.26. The molecule has 258 valence electrons. The van der Waals surface area contributed by atoms with Crippen molar-refractivity contribution in [1.82, 2.24) is 5.32 Å². The van der Waals surface area contributed by atoms with Gasteiger partial charge in [0.1, 0.15) is 36.3 Å². The van der Waals surface area contributed by atoms with E-state index in [-0.39, 0.29) is 49.6 Å². The van der Waals surface area contributed by atoms with Crippen LogP contribution in [0.25, 0.3) is 0 Å². The largest absolute Gasteiger partial charge is 0.485 e. The van der Waals surface area contributed by atoms with Crippen LogP contribution in [-0.2, 0) is 31.9 Å². The van der Waals surface area contributed by atoms with Gasteiger partial charge in [-0.05, 0) is 72.5 Å². The molecule has 1 fully saturated rings. The molecule has 1 aliphatic heterocycles. The Labute approximate surface area is 282 Å². The van der Waals surface area contributed by atoms with Gasteiger partial charge < -0.3 is 25.3 Å². The molecule has 11 heteroatoms. The summed E-state index contributed by atoms with van der Waals surface area (Å²) in [6.07, 6.45) is -0.763. The number of nitrogens with two attached hydrogens (primary N) is 1. The second-order valence-electron chi connectivity index (χ2n) is 12.1. The molecule has 3 N–H and O–H groups in total. The Kier molecular flexibility index (Phi) is 12.2. The molecule has 49 heavy (non-hydrogen) atoms. The highest BCUT2D eigenvalue weighted by molar-refractivity contribution is 5.88. The molecular formula is C38H38F4N2O5. The number of Topliss-reactive ketones (excluding diaryl/α,β-unsaturated/α-hetero) is 1. The highest BCUT2D eigenvalue weighted by atomic mass is 19.1. The summed E-state index contributed by atoms with van der Waals surface area (Å²) in [4.78, 5) is 25.8. The Balaban J connectivity index is 1.16. The highest BCUT2D eigenvalue weighted by Gasteiger charge is 2.31. The number of carbonyl (C=O) groups is 2. The monoisotopic (exact) mass is 678 g/mol. The molecule has 0 amide bonds. The van der Waals surface area contributed by atoms with Gasteiger partial charge in [0.2, 0.25) is 0 Å². The van der Waals surface area contributed by atoms with Gasteiger partial charge in [-0.15, -0.1) is 0 Å². The lowest BCUT2D eigenvalue weighted by molar-refractivity contribution is -0.146. The number of hydrogen-bond donors (Lipinski definition) is 2. The number of ether oxygens (including phenoxy) is 3. The Morgan fingerprint density at radius 3 is 2.04 bits per heavy atom. The maximum Gasteiger partial charge on any atom is 0.306 e. The first kappa shape index (κ1) is 35.7. The van der Waals surface area contributed by atoms with Crippen molar-refractivity contribution in [3.63, 3.8) is 0 Å². The van der Waals surface area contributed by atoms with Crippen molar-refractivity contribution >= 4 is 11.8 Å². The van der Waals surface area contributed by atoms with Crippen molar-refractivity contribution in [1.29, 1.82) is 0 Å². The van der Waals surface area contributed by atoms with Crippen LogP contribution in [-0.4, -0.2) is 55.8 Å². The summed E-state index contributed by atoms with van der Waals surface area (Å²) in [5.74, 6) is -3.53. The van der Waals surface area contributed by atoms with Gasteiger partial charge in [-0.1, -0.05) is 48.5 Å². The Morgan fingerprint density at radius 2 is 1.47 bits per heavy atom. The molecule has 7 nitrogen and oxygen atoms in total. The van der Waals surface area contributed by atoms with E-state index in [4.69, 9.17) is 19.9 Å². The number of hydrogen-bond acceptors (Lipinski definition) is 7. The number of aryl methyl sites for hydroxylation is 1. The fraction of sp³-hybridized carbons (Fsp3) is 0.316. The number of nitrogens with one attached hydrogen (secondary N) is 1. The fourth-order valence-corrected chi connectivity index (χ4v) is 5.74. The number of esters is 1. The van der Waals surface area contributed by atoms with Crippen LogP contribution in [0.2, 0.25) is 0 Å². The van der Waals surface area contributed by atoms with Crippen molar-refractivity contribution in [2.24, 2.45) is 5.73 Å². The first-order valence-electron chi connectivity index (χ1n) is 16.1. The van der Waals surface area contributed by atoms with Crippen LogP contribution in [0.15, 0.2) is 91.0 Å². The third kappa shape index (κ3) is 9.75. The van der Waals surface area contributed by atoms with E-state index < -0.39 is 47.4 Å². The summed E-state index contributed by atoms with van der Waals surface area (Å²) in [7, 11) is 0. The van der Waals surface area contributed by atoms with Gasteiger partial charge in [0.25, 0.3) is 0 Å². The zero-order valence-corrected chi connectivity index (χ0v) is 26.9. The number of morpholine rings is 1. The van der Waals surface area contributed by atoms with Crippen LogP contribution < -0.4 is 15.8 Å². The maximum absolute atomic E-state index is 15.2. The molecule has 0 aromatic heterocycles. The molecule has 1 saturated heterocycles. The van der Waals surface area contributed by atoms with Crippen molar-refractivity contribution < 1.29 is 41.4 Å². The summed E-state index contributed by atoms with van der Waals surface area (Å²) in [5.41, 5.74) is 8.77. The summed E-state index contributed by atoms with van der Waals surface area (Å²) in [6.45, 7) is 2.38. The summed E-state index contributed by atoms with van der Waals surface area (Å²) >= 11 is 0. The normalized spacial score (nSPS) is 17.4. The van der Waals surface area contributed by atoms with Crippen molar-refractivity contribution in [2.45, 2.75) is 56.4 Å². The topological polar surface area (TPSA) is 99.9 Å². The molecular weight excluding hydrogens is 640 g/mol. The average molecular weight is 679 g/mol. The molecule has 0 bridgehead atoms. The van der Waals surface area contributed by atoms with E-state index in [2.05, 4.69) is 5.32 Å². The minimum absolute atomic E-state index is 0.0981. The first-order valence-corrected chi connectivity index (χ1v) is 16.1. The number of benzene rings is 4. The van der Waals surface area contributed by atoms with Gasteiger partial charge in [-0.2, -0.15) is 0 Å². The fourth-order valence-electron chi connectivity index (χ4n) is 5.74. The second kappa shape index (κ2) is 16.7. The molecule has 5 rings (SSSR count). The third-order valence-electron chi connectivity index (χ3n) is 8.53. The van der Waals surface area contributed by atoms with E-state index in [1.165, 1.54) is 72.8 Å². The predicted molar refractivity (Wildman–Crippen MR) is 175 cm³/mol. The molecule has 0 unspecified atom stereocenters. The minimum Gasteiger partial charge on any atom is -0.485 e. The van der Waals surface area contributed by atoms with E-state index in [9.17, 15) is 22.8 Å². The standard InChI is InChI=1S/C38H38F4N2O5/c1-23(34-20-44-31(21-47-34)22-48-35(46)18-7-24-5-12-28(39)13-6-24)49-38-27(3-2-4-32(38)42)19-33(45)37(43)36(25-8-14-29(40)15-9-25)26-10-16-30(41)17-11-26/h2-6,8-17,23,31,34,36-37,44H,7,18-22,43H2,1H3/t23-,31-,34-,37+/m0/s1. The van der Waals surface area contributed by atoms with Gasteiger partial charge in [0.05, 0.1) is 18.7 Å². The second-order valence-corrected chi connectivity index (χ2v) is 12.1. The summed E-state index contributed by atoms with van der Waals surface area (Å²) < 4.78 is 73.0. The maximum atomic E-state index is 15.2. The molecule has 4 aromatic rings. The molecule has 4 aromatic carbocycles. The van der Waals surface area contributed by atoms with E-state index >= 15 is 4.39 Å². The number of ketones is 1. The van der Waals surface area contributed by atoms with Crippen LogP contribution >= 0.6 is 0 Å². The van der Waals surface area contributed by atoms with Gasteiger partial charge in [0.15, 0.2) is 17.3 Å². The predicted octanol–water partition coefficient (Wildman–Crippen LogP) is 5.81. The van der Waals surface area contributed by atoms with E-state index in [1.807, 2.05) is 0 Å². The summed E-state index contributed by atoms with van der Waals surface area (Å²) in [6, 6.07) is 20.0. The van der Waals surface area contributed by atoms with Crippen LogP contribution in [0.4, 0.5) is 17.6 Å². The zero-order chi connectivity index (χ0) is 34.9. The molecule has 0 radical (unpaired) electrons. The quantitative estimate of drug-likeness (QED) is 0.128. The average Bonchev–Trinajstić information content (AvgIpc) is 3.10. The Hall–Kier alpha value is -4.58. The van der Waals surface area contributed by atoms with Crippen molar-refractivity contribution in [2.75, 3.05) is 19.8 Å². The van der Waals surface area contributed by atoms with Gasteiger partial charge in [-0.25, -0.2) is 17.6 Å². The lowest BCUT2D eigenvalue weighted by atomic mass is 9.82. The van der Waals surface area contributed by atoms with Gasteiger partial charge in [0, 0.05) is 30.9 Å². The van der Waals surface area contributed by atoms with E-state index in [1.54, 1.807) is 25.1 Å². The van der Waals surface area contributed by atoms with E-state index in [0.717, 1.165) is 5.56 Å². The Morgan fingerprint density at radius 1 is 0.878 bits per heavy atom. The number of carbonyl (C=O) groups excluding carboxylic acids is 2. The lowest BCUT2D eigenvalue weighted by Crippen LogP contribution is -2.53. The third-order valence-corrected chi connectivity index (χ3v) is 8.53. The van der Waals surface area contributed by atoms with Crippen LogP contribution in [0.3, 0.4) is 0 Å². The lowest BCUT2D eigenvalue weighted by Gasteiger charge is -2.33. The SMILES string of the molecule is C[C@H](Oc1c(F)cccc1CC(=O)[C@@H](N)C(c1ccc(F)cc1)c1ccc(F)cc1)[C@@H]1CN[C@H](COC(=O)CCc2ccc(F)cc2)CO1. The first-order chi connectivity index (χ1) is 23.6. The van der Waals surface area contributed by atoms with Gasteiger partial charge >= 0.3 is 5.97 Å². The zero-order valence-electron chi connectivity index (χ0n) is 26.9. The van der Waals surface area contributed by atoms with Crippen LogP contribution in [0.1, 0.15) is 41.5 Å². The molecule has 0 aliphatic carbocycles. The Bertz CT molecular complexity index is 1650. The molecule has 1 aliphatic rings. The molecule has 4 atom stereocenters.